The average Bonchev–Trinajstić information content (AvgIpc) is 3.38. The highest BCUT2D eigenvalue weighted by Gasteiger charge is 2.53. The van der Waals surface area contributed by atoms with Crippen LogP contribution in [0, 0.1) is 5.41 Å². The van der Waals surface area contributed by atoms with Crippen molar-refractivity contribution in [2.24, 2.45) is 12.5 Å². The normalized spacial score (nSPS) is 20.5. The van der Waals surface area contributed by atoms with E-state index in [4.69, 9.17) is 11.6 Å². The van der Waals surface area contributed by atoms with Crippen LogP contribution in [-0.4, -0.2) is 48.9 Å². The molecular weight excluding hydrogens is 376 g/mol. The number of amides is 1. The molecule has 144 valence electrons. The zero-order valence-electron chi connectivity index (χ0n) is 15.6. The van der Waals surface area contributed by atoms with Gasteiger partial charge in [0.1, 0.15) is 17.8 Å². The van der Waals surface area contributed by atoms with Gasteiger partial charge in [-0.25, -0.2) is 0 Å². The molecule has 5 rings (SSSR count). The molecule has 2 fully saturated rings. The summed E-state index contributed by atoms with van der Waals surface area (Å²) in [5.74, 6) is 1.17. The molecule has 0 bridgehead atoms. The van der Waals surface area contributed by atoms with Gasteiger partial charge >= 0.3 is 0 Å². The fourth-order valence-electron chi connectivity index (χ4n) is 4.63. The first-order valence-electron chi connectivity index (χ1n) is 9.51. The van der Waals surface area contributed by atoms with Crippen molar-refractivity contribution in [2.45, 2.75) is 25.2 Å². The number of hydrogen-bond donors (Lipinski definition) is 1. The third kappa shape index (κ3) is 2.64. The third-order valence-corrected chi connectivity index (χ3v) is 6.63. The second kappa shape index (κ2) is 6.44. The van der Waals surface area contributed by atoms with Crippen molar-refractivity contribution in [1.82, 2.24) is 29.9 Å². The predicted octanol–water partition coefficient (Wildman–Crippen LogP) is 3.27. The van der Waals surface area contributed by atoms with Gasteiger partial charge in [-0.1, -0.05) is 36.2 Å². The van der Waals surface area contributed by atoms with Crippen LogP contribution in [0.5, 0.6) is 0 Å². The molecule has 2 aliphatic rings. The quantitative estimate of drug-likeness (QED) is 0.736. The van der Waals surface area contributed by atoms with E-state index in [1.807, 2.05) is 40.8 Å². The van der Waals surface area contributed by atoms with Gasteiger partial charge in [0.25, 0.3) is 5.91 Å². The Morgan fingerprint density at radius 1 is 1.32 bits per heavy atom. The number of rotatable bonds is 3. The zero-order chi connectivity index (χ0) is 19.3. The minimum absolute atomic E-state index is 0.0262. The maximum absolute atomic E-state index is 13.2. The molecule has 8 heteroatoms. The Hall–Kier alpha value is -2.67. The molecule has 28 heavy (non-hydrogen) atoms. The maximum Gasteiger partial charge on any atom is 0.271 e. The highest BCUT2D eigenvalue weighted by Crippen LogP contribution is 2.55. The first-order valence-corrected chi connectivity index (χ1v) is 9.89. The van der Waals surface area contributed by atoms with Crippen molar-refractivity contribution >= 4 is 17.5 Å². The van der Waals surface area contributed by atoms with E-state index < -0.39 is 0 Å². The van der Waals surface area contributed by atoms with E-state index in [9.17, 15) is 4.79 Å². The van der Waals surface area contributed by atoms with Gasteiger partial charge in [0.05, 0.1) is 10.7 Å². The summed E-state index contributed by atoms with van der Waals surface area (Å²) in [5.41, 5.74) is 2.11. The maximum atomic E-state index is 13.2. The molecule has 1 aromatic carbocycles. The number of aromatic amines is 1. The molecule has 2 aromatic heterocycles. The van der Waals surface area contributed by atoms with Crippen molar-refractivity contribution in [3.63, 3.8) is 0 Å². The van der Waals surface area contributed by atoms with Gasteiger partial charge in [-0.15, -0.1) is 10.2 Å². The topological polar surface area (TPSA) is 79.7 Å². The zero-order valence-corrected chi connectivity index (χ0v) is 16.4. The van der Waals surface area contributed by atoms with Gasteiger partial charge in [-0.05, 0) is 30.4 Å². The monoisotopic (exact) mass is 396 g/mol. The number of benzene rings is 1. The molecule has 3 heterocycles. The first kappa shape index (κ1) is 17.4. The third-order valence-electron chi connectivity index (χ3n) is 6.30. The molecule has 7 nitrogen and oxygen atoms in total. The van der Waals surface area contributed by atoms with E-state index in [1.54, 1.807) is 12.4 Å². The van der Waals surface area contributed by atoms with Gasteiger partial charge < -0.3 is 9.47 Å². The summed E-state index contributed by atoms with van der Waals surface area (Å²) in [7, 11) is 1.97. The Bertz CT molecular complexity index is 1040. The van der Waals surface area contributed by atoms with Gasteiger partial charge in [0, 0.05) is 31.6 Å². The molecule has 1 N–H and O–H groups in total. The van der Waals surface area contributed by atoms with E-state index >= 15 is 0 Å². The van der Waals surface area contributed by atoms with Crippen LogP contribution in [0.3, 0.4) is 0 Å². The number of hydrogen-bond acceptors (Lipinski definition) is 4. The van der Waals surface area contributed by atoms with E-state index in [0.29, 0.717) is 23.0 Å². The Morgan fingerprint density at radius 3 is 2.82 bits per heavy atom. The fraction of sp³-hybridized carbons (Fsp3) is 0.400. The number of carbonyl (C=O) groups excluding carboxylic acids is 1. The summed E-state index contributed by atoms with van der Waals surface area (Å²) >= 11 is 6.27. The molecule has 1 aliphatic heterocycles. The van der Waals surface area contributed by atoms with Crippen LogP contribution in [0.15, 0.2) is 36.7 Å². The van der Waals surface area contributed by atoms with Crippen molar-refractivity contribution < 1.29 is 4.79 Å². The highest BCUT2D eigenvalue weighted by molar-refractivity contribution is 6.33. The van der Waals surface area contributed by atoms with Crippen LogP contribution < -0.4 is 0 Å². The van der Waals surface area contributed by atoms with E-state index in [0.717, 1.165) is 30.8 Å². The number of aromatic nitrogens is 5. The standard InChI is InChI=1S/C20H21ClN6O/c1-26-12-22-25-18(26)14-10-27(11-20(14)7-4-8-20)19(28)17-9-16(23-24-17)13-5-2-3-6-15(13)21/h2-3,5-6,9,12,14H,4,7-8,10-11H2,1H3,(H,23,24). The summed E-state index contributed by atoms with van der Waals surface area (Å²) in [4.78, 5) is 15.1. The van der Waals surface area contributed by atoms with Crippen molar-refractivity contribution in [3.05, 3.63) is 53.2 Å². The molecule has 1 aliphatic carbocycles. The SMILES string of the molecule is Cn1cnnc1C1CN(C(=O)c2cc(-c3ccccc3Cl)n[nH]2)CC12CCC2. The summed E-state index contributed by atoms with van der Waals surface area (Å²) in [6, 6.07) is 9.28. The van der Waals surface area contributed by atoms with Gasteiger partial charge in [0.15, 0.2) is 0 Å². The smallest absolute Gasteiger partial charge is 0.271 e. The van der Waals surface area contributed by atoms with E-state index in [-0.39, 0.29) is 17.2 Å². The van der Waals surface area contributed by atoms with Crippen LogP contribution in [-0.2, 0) is 7.05 Å². The Labute approximate surface area is 167 Å². The summed E-state index contributed by atoms with van der Waals surface area (Å²) in [6.45, 7) is 1.41. The van der Waals surface area contributed by atoms with Crippen LogP contribution in [0.25, 0.3) is 11.3 Å². The lowest BCUT2D eigenvalue weighted by atomic mass is 9.62. The number of nitrogens with one attached hydrogen (secondary N) is 1. The number of H-pyrrole nitrogens is 1. The lowest BCUT2D eigenvalue weighted by Gasteiger charge is -2.42. The lowest BCUT2D eigenvalue weighted by Crippen LogP contribution is -2.38. The molecule has 1 unspecified atom stereocenters. The molecule has 1 saturated carbocycles. The number of carbonyl (C=O) groups is 1. The van der Waals surface area contributed by atoms with E-state index in [1.165, 1.54) is 6.42 Å². The number of halogens is 1. The molecule has 1 saturated heterocycles. The van der Waals surface area contributed by atoms with Gasteiger partial charge in [-0.3, -0.25) is 9.89 Å². The van der Waals surface area contributed by atoms with Crippen molar-refractivity contribution in [2.75, 3.05) is 13.1 Å². The Kier molecular flexibility index (Phi) is 4.01. The highest BCUT2D eigenvalue weighted by atomic mass is 35.5. The Balaban J connectivity index is 1.41. The number of likely N-dealkylation sites (tertiary alicyclic amines) is 1. The van der Waals surface area contributed by atoms with Crippen molar-refractivity contribution in [3.8, 4) is 11.3 Å². The molecule has 1 spiro atoms. The molecule has 1 atom stereocenters. The molecular formula is C20H21ClN6O. The van der Waals surface area contributed by atoms with Crippen molar-refractivity contribution in [1.29, 1.82) is 0 Å². The largest absolute Gasteiger partial charge is 0.336 e. The predicted molar refractivity (Wildman–Crippen MR) is 105 cm³/mol. The number of aryl methyl sites for hydroxylation is 1. The van der Waals surface area contributed by atoms with Crippen LogP contribution in [0.2, 0.25) is 5.02 Å². The van der Waals surface area contributed by atoms with Crippen LogP contribution in [0.1, 0.15) is 41.5 Å². The summed E-state index contributed by atoms with van der Waals surface area (Å²) in [5, 5.41) is 16.2. The minimum atomic E-state index is -0.0262. The lowest BCUT2D eigenvalue weighted by molar-refractivity contribution is 0.0718. The van der Waals surface area contributed by atoms with Crippen LogP contribution in [0.4, 0.5) is 0 Å². The molecule has 0 radical (unpaired) electrons. The summed E-state index contributed by atoms with van der Waals surface area (Å²) in [6.07, 6.45) is 5.19. The minimum Gasteiger partial charge on any atom is -0.336 e. The van der Waals surface area contributed by atoms with Crippen LogP contribution >= 0.6 is 11.6 Å². The summed E-state index contributed by atoms with van der Waals surface area (Å²) < 4.78 is 1.98. The first-order chi connectivity index (χ1) is 13.6. The second-order valence-electron chi connectivity index (χ2n) is 7.90. The average molecular weight is 397 g/mol. The van der Waals surface area contributed by atoms with Gasteiger partial charge in [-0.2, -0.15) is 5.10 Å². The van der Waals surface area contributed by atoms with Gasteiger partial charge in [0.2, 0.25) is 0 Å². The van der Waals surface area contributed by atoms with E-state index in [2.05, 4.69) is 20.4 Å². The Morgan fingerprint density at radius 2 is 2.14 bits per heavy atom. The fourth-order valence-corrected chi connectivity index (χ4v) is 4.87. The molecule has 3 aromatic rings. The number of nitrogens with zero attached hydrogens (tertiary/aromatic N) is 5. The molecule has 1 amide bonds. The second-order valence-corrected chi connectivity index (χ2v) is 8.31.